The lowest BCUT2D eigenvalue weighted by Gasteiger charge is -2.25. The predicted octanol–water partition coefficient (Wildman–Crippen LogP) is -0.658. The van der Waals surface area contributed by atoms with Gasteiger partial charge in [-0.15, -0.1) is 5.92 Å². The lowest BCUT2D eigenvalue weighted by atomic mass is 9.97. The van der Waals surface area contributed by atoms with Crippen molar-refractivity contribution in [3.63, 3.8) is 0 Å². The van der Waals surface area contributed by atoms with Gasteiger partial charge in [-0.05, 0) is 13.8 Å². The van der Waals surface area contributed by atoms with Gasteiger partial charge in [-0.3, -0.25) is 14.3 Å². The van der Waals surface area contributed by atoms with E-state index in [0.717, 1.165) is 0 Å². The molecule has 1 saturated heterocycles. The van der Waals surface area contributed by atoms with Crippen LogP contribution in [-0.4, -0.2) is 52.9 Å². The van der Waals surface area contributed by atoms with Gasteiger partial charge in [0.15, 0.2) is 22.3 Å². The first kappa shape index (κ1) is 16.7. The maximum Gasteiger partial charge on any atom is 0.280 e. The van der Waals surface area contributed by atoms with Crippen molar-refractivity contribution < 1.29 is 14.9 Å². The van der Waals surface area contributed by atoms with Crippen molar-refractivity contribution in [2.45, 2.75) is 43.3 Å². The second-order valence-electron chi connectivity index (χ2n) is 5.56. The number of imidazole rings is 1. The van der Waals surface area contributed by atoms with Crippen LogP contribution in [0.25, 0.3) is 11.2 Å². The van der Waals surface area contributed by atoms with Crippen LogP contribution in [0, 0.1) is 11.8 Å². The minimum atomic E-state index is -1.55. The van der Waals surface area contributed by atoms with Gasteiger partial charge in [0.1, 0.15) is 12.2 Å². The molecule has 0 amide bonds. The summed E-state index contributed by atoms with van der Waals surface area (Å²) in [5, 5.41) is 20.3. The molecule has 2 aromatic heterocycles. The molecule has 24 heavy (non-hydrogen) atoms. The van der Waals surface area contributed by atoms with Crippen LogP contribution < -0.4 is 11.3 Å². The lowest BCUT2D eigenvalue weighted by Crippen LogP contribution is -2.43. The molecular weight excluding hydrogens is 338 g/mol. The number of hydrogen-bond donors (Lipinski definition) is 4. The number of nitrogens with two attached hydrogens (primary N) is 1. The summed E-state index contributed by atoms with van der Waals surface area (Å²) in [6.07, 6.45) is -2.95. The zero-order valence-electron chi connectivity index (χ0n) is 12.9. The highest BCUT2D eigenvalue weighted by Crippen LogP contribution is 2.44. The minimum absolute atomic E-state index is 0.0475. The van der Waals surface area contributed by atoms with Gasteiger partial charge in [0.2, 0.25) is 5.95 Å². The Kier molecular flexibility index (Phi) is 4.01. The van der Waals surface area contributed by atoms with Crippen LogP contribution in [-0.2, 0) is 4.74 Å². The quantitative estimate of drug-likeness (QED) is 0.415. The number of rotatable bonds is 2. The minimum Gasteiger partial charge on any atom is -0.391 e. The Morgan fingerprint density at radius 3 is 2.96 bits per heavy atom. The van der Waals surface area contributed by atoms with Crippen LogP contribution in [0.1, 0.15) is 20.1 Å². The number of nitrogens with one attached hydrogen (secondary N) is 1. The molecule has 3 rings (SSSR count). The first-order valence-corrected chi connectivity index (χ1v) is 7.54. The molecule has 5 atom stereocenters. The van der Waals surface area contributed by atoms with E-state index < -0.39 is 35.0 Å². The number of aliphatic hydroxyl groups excluding tert-OH is 2. The molecule has 0 saturated carbocycles. The summed E-state index contributed by atoms with van der Waals surface area (Å²) >= 11 is 6.54. The van der Waals surface area contributed by atoms with Crippen molar-refractivity contribution in [3.8, 4) is 11.8 Å². The Labute approximate surface area is 141 Å². The van der Waals surface area contributed by atoms with Crippen molar-refractivity contribution >= 4 is 28.7 Å². The van der Waals surface area contributed by atoms with E-state index in [-0.39, 0.29) is 17.1 Å². The van der Waals surface area contributed by atoms with E-state index in [1.807, 2.05) is 0 Å². The zero-order valence-corrected chi connectivity index (χ0v) is 13.7. The van der Waals surface area contributed by atoms with Gasteiger partial charge >= 0.3 is 0 Å². The van der Waals surface area contributed by atoms with Crippen molar-refractivity contribution in [3.05, 3.63) is 16.7 Å². The van der Waals surface area contributed by atoms with Crippen molar-refractivity contribution in [1.82, 2.24) is 19.5 Å². The van der Waals surface area contributed by atoms with Gasteiger partial charge in [0.05, 0.1) is 12.4 Å². The monoisotopic (exact) mass is 353 g/mol. The topological polar surface area (TPSA) is 139 Å². The molecular formula is C14H16ClN5O4. The third kappa shape index (κ3) is 2.35. The fourth-order valence-electron chi connectivity index (χ4n) is 2.79. The molecule has 0 aromatic carbocycles. The van der Waals surface area contributed by atoms with Gasteiger partial charge in [-0.1, -0.05) is 17.5 Å². The third-order valence-electron chi connectivity index (χ3n) is 3.88. The first-order chi connectivity index (χ1) is 11.3. The van der Waals surface area contributed by atoms with Crippen LogP contribution in [0.4, 0.5) is 5.95 Å². The maximum absolute atomic E-state index is 11.9. The van der Waals surface area contributed by atoms with Crippen LogP contribution in [0.5, 0.6) is 0 Å². The number of ether oxygens (including phenoxy) is 1. The number of nitrogens with zero attached hydrogens (tertiary/aromatic N) is 3. The first-order valence-electron chi connectivity index (χ1n) is 7.16. The molecule has 1 fully saturated rings. The SMILES string of the molecule is CC#CC1(Cl)[C@@H](O)[C@@H]([C@@H](C)O)O[C@H]1n1cnc2c(=O)[nH]c(N)nc21. The Morgan fingerprint density at radius 1 is 1.62 bits per heavy atom. The highest BCUT2D eigenvalue weighted by atomic mass is 35.5. The average Bonchev–Trinajstić information content (AvgIpc) is 3.00. The Hall–Kier alpha value is -2.12. The van der Waals surface area contributed by atoms with E-state index >= 15 is 0 Å². The average molecular weight is 354 g/mol. The number of anilines is 1. The second kappa shape index (κ2) is 5.75. The standard InChI is InChI=1S/C14H16ClN5O4/c1-3-4-14(15)9(22)8(6(2)21)24-12(14)20-5-17-7-10(20)18-13(16)19-11(7)23/h5-6,8-9,12,21-22H,1-2H3,(H3,16,18,19,23)/t6-,8-,9+,12-,14?/m1/s1. The summed E-state index contributed by atoms with van der Waals surface area (Å²) in [6.45, 7) is 3.04. The van der Waals surface area contributed by atoms with E-state index in [4.69, 9.17) is 22.1 Å². The third-order valence-corrected chi connectivity index (χ3v) is 4.39. The van der Waals surface area contributed by atoms with Crippen molar-refractivity contribution in [2.24, 2.45) is 0 Å². The molecule has 1 aliphatic rings. The number of hydrogen-bond acceptors (Lipinski definition) is 7. The fraction of sp³-hybridized carbons (Fsp3) is 0.500. The van der Waals surface area contributed by atoms with Crippen LogP contribution in [0.3, 0.4) is 0 Å². The number of aromatic nitrogens is 4. The molecule has 9 nitrogen and oxygen atoms in total. The molecule has 2 aromatic rings. The molecule has 3 heterocycles. The molecule has 0 bridgehead atoms. The summed E-state index contributed by atoms with van der Waals surface area (Å²) in [6, 6.07) is 0. The molecule has 0 spiro atoms. The van der Waals surface area contributed by atoms with Gasteiger partial charge in [-0.25, -0.2) is 4.98 Å². The number of alkyl halides is 1. The zero-order chi connectivity index (χ0) is 17.6. The second-order valence-corrected chi connectivity index (χ2v) is 6.18. The number of aliphatic hydroxyl groups is 2. The van der Waals surface area contributed by atoms with Crippen molar-refractivity contribution in [1.29, 1.82) is 0 Å². The maximum atomic E-state index is 11.9. The highest BCUT2D eigenvalue weighted by molar-refractivity contribution is 6.27. The number of halogens is 1. The molecule has 1 aliphatic heterocycles. The van der Waals surface area contributed by atoms with Gasteiger partial charge < -0.3 is 20.7 Å². The number of nitrogen functional groups attached to an aromatic ring is 1. The van der Waals surface area contributed by atoms with Crippen LogP contribution in [0.15, 0.2) is 11.1 Å². The smallest absolute Gasteiger partial charge is 0.280 e. The summed E-state index contributed by atoms with van der Waals surface area (Å²) in [7, 11) is 0. The van der Waals surface area contributed by atoms with Crippen LogP contribution >= 0.6 is 11.6 Å². The summed E-state index contributed by atoms with van der Waals surface area (Å²) in [5.74, 6) is 5.28. The molecule has 0 aliphatic carbocycles. The van der Waals surface area contributed by atoms with E-state index in [1.54, 1.807) is 6.92 Å². The number of H-pyrrole nitrogens is 1. The molecule has 5 N–H and O–H groups in total. The van der Waals surface area contributed by atoms with Gasteiger partial charge in [0, 0.05) is 0 Å². The van der Waals surface area contributed by atoms with Gasteiger partial charge in [-0.2, -0.15) is 4.98 Å². The molecule has 1 unspecified atom stereocenters. The predicted molar refractivity (Wildman–Crippen MR) is 86.2 cm³/mol. The van der Waals surface area contributed by atoms with E-state index in [0.29, 0.717) is 0 Å². The largest absolute Gasteiger partial charge is 0.391 e. The van der Waals surface area contributed by atoms with Crippen LogP contribution in [0.2, 0.25) is 0 Å². The lowest BCUT2D eigenvalue weighted by molar-refractivity contribution is -0.0752. The Bertz CT molecular complexity index is 898. The normalized spacial score (nSPS) is 31.0. The fourth-order valence-corrected chi connectivity index (χ4v) is 3.17. The van der Waals surface area contributed by atoms with E-state index in [9.17, 15) is 15.0 Å². The molecule has 0 radical (unpaired) electrons. The molecule has 10 heteroatoms. The summed E-state index contributed by atoms with van der Waals surface area (Å²) in [5.41, 5.74) is 5.26. The number of aromatic amines is 1. The molecule has 128 valence electrons. The van der Waals surface area contributed by atoms with E-state index in [2.05, 4.69) is 26.8 Å². The highest BCUT2D eigenvalue weighted by Gasteiger charge is 2.57. The Morgan fingerprint density at radius 2 is 2.33 bits per heavy atom. The number of fused-ring (bicyclic) bond motifs is 1. The van der Waals surface area contributed by atoms with Crippen molar-refractivity contribution in [2.75, 3.05) is 5.73 Å². The summed E-state index contributed by atoms with van der Waals surface area (Å²) < 4.78 is 7.11. The Balaban J connectivity index is 2.20. The summed E-state index contributed by atoms with van der Waals surface area (Å²) in [4.78, 5) is 20.7. The van der Waals surface area contributed by atoms with E-state index in [1.165, 1.54) is 17.8 Å². The van der Waals surface area contributed by atoms with Gasteiger partial charge in [0.25, 0.3) is 5.56 Å².